The Balaban J connectivity index is 1.88. The molecule has 0 atom stereocenters. The summed E-state index contributed by atoms with van der Waals surface area (Å²) in [5, 5.41) is 9.65. The van der Waals surface area contributed by atoms with Crippen molar-refractivity contribution in [3.63, 3.8) is 0 Å². The van der Waals surface area contributed by atoms with Crippen molar-refractivity contribution >= 4 is 40.7 Å². The lowest BCUT2D eigenvalue weighted by Gasteiger charge is -2.22. The molecule has 0 saturated carbocycles. The number of rotatable bonds is 5. The number of carboxylic acids is 1. The third kappa shape index (κ3) is 3.52. The van der Waals surface area contributed by atoms with Gasteiger partial charge in [0, 0.05) is 12.7 Å². The molecule has 1 aliphatic heterocycles. The van der Waals surface area contributed by atoms with E-state index < -0.39 is 5.97 Å². The van der Waals surface area contributed by atoms with Gasteiger partial charge in [0.25, 0.3) is 0 Å². The molecule has 3 rings (SSSR count). The zero-order valence-electron chi connectivity index (χ0n) is 11.6. The Morgan fingerprint density at radius 3 is 3.05 bits per heavy atom. The van der Waals surface area contributed by atoms with E-state index in [4.69, 9.17) is 5.11 Å². The van der Waals surface area contributed by atoms with Crippen LogP contribution in [-0.2, 0) is 11.3 Å². The van der Waals surface area contributed by atoms with Gasteiger partial charge in [-0.3, -0.25) is 4.79 Å². The van der Waals surface area contributed by atoms with E-state index >= 15 is 0 Å². The Morgan fingerprint density at radius 2 is 2.29 bits per heavy atom. The van der Waals surface area contributed by atoms with Gasteiger partial charge in [0.2, 0.25) is 0 Å². The Bertz CT molecular complexity index is 638. The van der Waals surface area contributed by atoms with Gasteiger partial charge in [-0.25, -0.2) is 9.97 Å². The number of aliphatic carboxylic acids is 1. The highest BCUT2D eigenvalue weighted by Gasteiger charge is 2.19. The first-order chi connectivity index (χ1) is 10.2. The summed E-state index contributed by atoms with van der Waals surface area (Å²) in [6, 6.07) is 3.79. The van der Waals surface area contributed by atoms with Gasteiger partial charge in [-0.15, -0.1) is 0 Å². The Hall–Kier alpha value is -1.21. The van der Waals surface area contributed by atoms with E-state index in [0.717, 1.165) is 22.9 Å². The quantitative estimate of drug-likeness (QED) is 0.853. The maximum absolute atomic E-state index is 10.8. The lowest BCUT2D eigenvalue weighted by molar-refractivity contribution is -0.133. The summed E-state index contributed by atoms with van der Waals surface area (Å²) in [5.74, 6) is 2.27. The van der Waals surface area contributed by atoms with Crippen molar-refractivity contribution in [2.45, 2.75) is 24.5 Å². The summed E-state index contributed by atoms with van der Waals surface area (Å²) < 4.78 is 2.10. The minimum absolute atomic E-state index is 0.0316. The predicted molar refractivity (Wildman–Crippen MR) is 85.9 cm³/mol. The number of carbonyl (C=O) groups is 1. The molecular formula is C14H17N3O2S2. The van der Waals surface area contributed by atoms with Gasteiger partial charge >= 0.3 is 5.97 Å². The van der Waals surface area contributed by atoms with Crippen molar-refractivity contribution in [3.05, 3.63) is 18.3 Å². The second kappa shape index (κ2) is 6.70. The highest BCUT2D eigenvalue weighted by molar-refractivity contribution is 7.99. The van der Waals surface area contributed by atoms with E-state index in [1.165, 1.54) is 36.1 Å². The van der Waals surface area contributed by atoms with Crippen molar-refractivity contribution < 1.29 is 9.90 Å². The van der Waals surface area contributed by atoms with Gasteiger partial charge in [0.05, 0.1) is 5.75 Å². The molecule has 0 aromatic carbocycles. The van der Waals surface area contributed by atoms with Crippen LogP contribution < -0.4 is 0 Å². The third-order valence-corrected chi connectivity index (χ3v) is 5.59. The lowest BCUT2D eigenvalue weighted by Crippen LogP contribution is -2.17. The Morgan fingerprint density at radius 1 is 1.48 bits per heavy atom. The molecule has 0 bridgehead atoms. The van der Waals surface area contributed by atoms with Crippen LogP contribution in [0, 0.1) is 5.92 Å². The fourth-order valence-electron chi connectivity index (χ4n) is 2.53. The number of fused-ring (bicyclic) bond motifs is 1. The normalized spacial score (nSPS) is 16.4. The predicted octanol–water partition coefficient (Wildman–Crippen LogP) is 2.75. The summed E-state index contributed by atoms with van der Waals surface area (Å²) >= 11 is 3.29. The van der Waals surface area contributed by atoms with Crippen LogP contribution in [0.3, 0.4) is 0 Å². The third-order valence-electron chi connectivity index (χ3n) is 3.58. The molecule has 0 unspecified atom stereocenters. The van der Waals surface area contributed by atoms with Crippen molar-refractivity contribution in [1.82, 2.24) is 14.5 Å². The first-order valence-electron chi connectivity index (χ1n) is 6.97. The van der Waals surface area contributed by atoms with Gasteiger partial charge in [-0.2, -0.15) is 11.8 Å². The standard InChI is InChI=1S/C14H17N3O2S2/c18-12(19)9-21-14-16-11-2-1-5-15-13(11)17(14)8-10-3-6-20-7-4-10/h1-2,5,10H,3-4,6-9H2,(H,18,19). The van der Waals surface area contributed by atoms with Crippen molar-refractivity contribution in [3.8, 4) is 0 Å². The van der Waals surface area contributed by atoms with E-state index in [2.05, 4.69) is 14.5 Å². The zero-order valence-corrected chi connectivity index (χ0v) is 13.2. The molecule has 3 heterocycles. The minimum atomic E-state index is -0.819. The van der Waals surface area contributed by atoms with Crippen LogP contribution in [0.15, 0.2) is 23.5 Å². The van der Waals surface area contributed by atoms with E-state index in [1.807, 2.05) is 23.9 Å². The topological polar surface area (TPSA) is 68.0 Å². The van der Waals surface area contributed by atoms with Gasteiger partial charge in [0.1, 0.15) is 5.52 Å². The average molecular weight is 323 g/mol. The van der Waals surface area contributed by atoms with Crippen LogP contribution in [0.5, 0.6) is 0 Å². The zero-order chi connectivity index (χ0) is 14.7. The Kier molecular flexibility index (Phi) is 4.70. The summed E-state index contributed by atoms with van der Waals surface area (Å²) in [7, 11) is 0. The molecule has 1 saturated heterocycles. The molecule has 2 aromatic rings. The Labute approximate surface area is 131 Å². The molecule has 21 heavy (non-hydrogen) atoms. The lowest BCUT2D eigenvalue weighted by atomic mass is 10.0. The highest BCUT2D eigenvalue weighted by atomic mass is 32.2. The van der Waals surface area contributed by atoms with Gasteiger partial charge in [0.15, 0.2) is 10.8 Å². The largest absolute Gasteiger partial charge is 0.481 e. The number of carboxylic acid groups (broad SMARTS) is 1. The van der Waals surface area contributed by atoms with Crippen LogP contribution in [0.1, 0.15) is 12.8 Å². The fourth-order valence-corrected chi connectivity index (χ4v) is 4.46. The molecule has 0 amide bonds. The molecule has 1 aliphatic rings. The first kappa shape index (κ1) is 14.7. The van der Waals surface area contributed by atoms with Gasteiger partial charge in [-0.1, -0.05) is 11.8 Å². The van der Waals surface area contributed by atoms with E-state index in [9.17, 15) is 4.79 Å². The molecule has 112 valence electrons. The first-order valence-corrected chi connectivity index (χ1v) is 9.11. The van der Waals surface area contributed by atoms with Gasteiger partial charge in [-0.05, 0) is 42.4 Å². The van der Waals surface area contributed by atoms with Crippen LogP contribution in [0.4, 0.5) is 0 Å². The van der Waals surface area contributed by atoms with Gasteiger partial charge < -0.3 is 9.67 Å². The second-order valence-electron chi connectivity index (χ2n) is 5.09. The molecule has 0 spiro atoms. The molecule has 1 N–H and O–H groups in total. The van der Waals surface area contributed by atoms with Crippen molar-refractivity contribution in [2.24, 2.45) is 5.92 Å². The van der Waals surface area contributed by atoms with Crippen molar-refractivity contribution in [1.29, 1.82) is 0 Å². The summed E-state index contributed by atoms with van der Waals surface area (Å²) in [6.07, 6.45) is 4.18. The number of hydrogen-bond donors (Lipinski definition) is 1. The summed E-state index contributed by atoms with van der Waals surface area (Å²) in [5.41, 5.74) is 1.71. The number of nitrogens with zero attached hydrogens (tertiary/aromatic N) is 3. The molecule has 0 radical (unpaired) electrons. The summed E-state index contributed by atoms with van der Waals surface area (Å²) in [6.45, 7) is 0.885. The number of thioether (sulfide) groups is 2. The number of hydrogen-bond acceptors (Lipinski definition) is 5. The molecule has 1 fully saturated rings. The SMILES string of the molecule is O=C(O)CSc1nc2cccnc2n1CC1CCSCC1. The molecule has 2 aromatic heterocycles. The number of pyridine rings is 1. The van der Waals surface area contributed by atoms with Crippen LogP contribution >= 0.6 is 23.5 Å². The van der Waals surface area contributed by atoms with E-state index in [1.54, 1.807) is 6.20 Å². The van der Waals surface area contributed by atoms with Crippen LogP contribution in [-0.4, -0.2) is 42.9 Å². The van der Waals surface area contributed by atoms with E-state index in [0.29, 0.717) is 5.92 Å². The minimum Gasteiger partial charge on any atom is -0.481 e. The summed E-state index contributed by atoms with van der Waals surface area (Å²) in [4.78, 5) is 19.8. The fraction of sp³-hybridized carbons (Fsp3) is 0.500. The molecule has 5 nitrogen and oxygen atoms in total. The van der Waals surface area contributed by atoms with Crippen molar-refractivity contribution in [2.75, 3.05) is 17.3 Å². The molecule has 0 aliphatic carbocycles. The van der Waals surface area contributed by atoms with E-state index in [-0.39, 0.29) is 5.75 Å². The maximum atomic E-state index is 10.8. The smallest absolute Gasteiger partial charge is 0.313 e. The maximum Gasteiger partial charge on any atom is 0.313 e. The second-order valence-corrected chi connectivity index (χ2v) is 7.26. The molecule has 7 heteroatoms. The monoisotopic (exact) mass is 323 g/mol. The number of imidazole rings is 1. The number of aromatic nitrogens is 3. The highest BCUT2D eigenvalue weighted by Crippen LogP contribution is 2.28. The van der Waals surface area contributed by atoms with Crippen LogP contribution in [0.2, 0.25) is 0 Å². The average Bonchev–Trinajstić information content (AvgIpc) is 2.84. The van der Waals surface area contributed by atoms with Crippen LogP contribution in [0.25, 0.3) is 11.2 Å². The molecular weight excluding hydrogens is 306 g/mol.